The van der Waals surface area contributed by atoms with Crippen LogP contribution in [0.3, 0.4) is 0 Å². The first-order chi connectivity index (χ1) is 13.0. The maximum Gasteiger partial charge on any atom is 0.275 e. The molecule has 0 unspecified atom stereocenters. The van der Waals surface area contributed by atoms with Crippen molar-refractivity contribution >= 4 is 33.1 Å². The zero-order chi connectivity index (χ0) is 19.0. The summed E-state index contributed by atoms with van der Waals surface area (Å²) < 4.78 is 3.19. The molecule has 4 rings (SSSR count). The van der Waals surface area contributed by atoms with Crippen molar-refractivity contribution in [3.8, 4) is 0 Å². The quantitative estimate of drug-likeness (QED) is 0.453. The van der Waals surface area contributed by atoms with Gasteiger partial charge in [0.05, 0.1) is 11.5 Å². The summed E-state index contributed by atoms with van der Waals surface area (Å²) in [4.78, 5) is 12.8. The van der Waals surface area contributed by atoms with Gasteiger partial charge in [0, 0.05) is 28.6 Å². The average molecular weight is 431 g/mol. The first-order valence-corrected chi connectivity index (χ1v) is 9.92. The molecule has 0 saturated carbocycles. The second kappa shape index (κ2) is 7.05. The molecular weight excluding hydrogens is 410 g/mol. The average Bonchev–Trinajstić information content (AvgIpc) is 2.79. The number of hydrogen-bond donors (Lipinski definition) is 1. The number of nitro benzene ring substituents is 1. The molecule has 7 heteroatoms. The van der Waals surface area contributed by atoms with Crippen LogP contribution in [0.15, 0.2) is 53.0 Å². The fourth-order valence-corrected chi connectivity index (χ4v) is 4.33. The maximum absolute atomic E-state index is 11.8. The van der Waals surface area contributed by atoms with Gasteiger partial charge in [0.2, 0.25) is 0 Å². The summed E-state index contributed by atoms with van der Waals surface area (Å²) in [6.45, 7) is 1.29. The molecule has 2 aromatic rings. The number of anilines is 1. The lowest BCUT2D eigenvalue weighted by Crippen LogP contribution is -2.47. The predicted molar refractivity (Wildman–Crippen MR) is 107 cm³/mol. The normalized spacial score (nSPS) is 22.5. The van der Waals surface area contributed by atoms with Crippen LogP contribution < -0.4 is 4.90 Å². The largest absolute Gasteiger partial charge is 0.346 e. The topological polar surface area (TPSA) is 69.6 Å². The number of amidine groups is 1. The minimum Gasteiger partial charge on any atom is -0.346 e. The maximum atomic E-state index is 11.8. The molecule has 0 radical (unpaired) electrons. The van der Waals surface area contributed by atoms with Crippen molar-refractivity contribution in [2.75, 3.05) is 18.0 Å². The van der Waals surface area contributed by atoms with Crippen molar-refractivity contribution in [2.24, 2.45) is 0 Å². The van der Waals surface area contributed by atoms with E-state index in [4.69, 9.17) is 0 Å². The van der Waals surface area contributed by atoms with Gasteiger partial charge in [0.25, 0.3) is 17.2 Å². The van der Waals surface area contributed by atoms with E-state index in [2.05, 4.69) is 20.5 Å². The lowest BCUT2D eigenvalue weighted by Gasteiger charge is -2.29. The molecule has 0 spiro atoms. The Balaban J connectivity index is 1.84. The van der Waals surface area contributed by atoms with Gasteiger partial charge in [-0.15, -0.1) is 0 Å². The summed E-state index contributed by atoms with van der Waals surface area (Å²) in [6.07, 6.45) is 4.21. The minimum atomic E-state index is -1.34. The van der Waals surface area contributed by atoms with Crippen LogP contribution in [0.25, 0.3) is 0 Å². The first kappa shape index (κ1) is 18.1. The van der Waals surface area contributed by atoms with Gasteiger partial charge in [0.1, 0.15) is 5.69 Å². The van der Waals surface area contributed by atoms with Crippen molar-refractivity contribution in [3.05, 3.63) is 68.7 Å². The van der Waals surface area contributed by atoms with Crippen LogP contribution in [-0.2, 0) is 5.72 Å². The second-order valence-corrected chi connectivity index (χ2v) is 8.00. The molecule has 1 atom stereocenters. The van der Waals surface area contributed by atoms with Gasteiger partial charge in [-0.1, -0.05) is 28.1 Å². The van der Waals surface area contributed by atoms with Gasteiger partial charge < -0.3 is 5.11 Å². The van der Waals surface area contributed by atoms with Crippen molar-refractivity contribution in [1.82, 2.24) is 0 Å². The highest BCUT2D eigenvalue weighted by Crippen LogP contribution is 2.39. The lowest BCUT2D eigenvalue weighted by atomic mass is 9.99. The van der Waals surface area contributed by atoms with Crippen molar-refractivity contribution in [1.29, 1.82) is 0 Å². The highest BCUT2D eigenvalue weighted by atomic mass is 79.9. The van der Waals surface area contributed by atoms with E-state index < -0.39 is 10.6 Å². The molecule has 2 heterocycles. The molecular formula is C20H21BrN3O3+. The third kappa shape index (κ3) is 3.26. The molecule has 2 aliphatic heterocycles. The Labute approximate surface area is 166 Å². The fourth-order valence-electron chi connectivity index (χ4n) is 4.07. The van der Waals surface area contributed by atoms with E-state index >= 15 is 0 Å². The van der Waals surface area contributed by atoms with Crippen LogP contribution in [0.2, 0.25) is 0 Å². The Kier molecular flexibility index (Phi) is 4.74. The molecule has 0 amide bonds. The number of rotatable bonds is 3. The monoisotopic (exact) mass is 430 g/mol. The van der Waals surface area contributed by atoms with Crippen LogP contribution >= 0.6 is 15.9 Å². The van der Waals surface area contributed by atoms with Crippen LogP contribution in [0.5, 0.6) is 0 Å². The van der Waals surface area contributed by atoms with Crippen molar-refractivity contribution in [3.63, 3.8) is 0 Å². The van der Waals surface area contributed by atoms with Crippen LogP contribution in [0, 0.1) is 10.1 Å². The van der Waals surface area contributed by atoms with E-state index in [-0.39, 0.29) is 5.69 Å². The zero-order valence-corrected chi connectivity index (χ0v) is 16.4. The van der Waals surface area contributed by atoms with Crippen molar-refractivity contribution in [2.45, 2.75) is 31.4 Å². The number of benzene rings is 2. The number of halogens is 1. The van der Waals surface area contributed by atoms with Crippen LogP contribution in [0.4, 0.5) is 11.4 Å². The van der Waals surface area contributed by atoms with E-state index in [0.29, 0.717) is 12.1 Å². The molecule has 0 fully saturated rings. The molecule has 2 aliphatic rings. The van der Waals surface area contributed by atoms with Gasteiger partial charge in [0.15, 0.2) is 6.54 Å². The number of nitrogens with zero attached hydrogens (tertiary/aromatic N) is 3. The Bertz CT molecular complexity index is 913. The Hall–Kier alpha value is -2.25. The van der Waals surface area contributed by atoms with Gasteiger partial charge in [-0.25, -0.2) is 0 Å². The molecule has 140 valence electrons. The smallest absolute Gasteiger partial charge is 0.275 e. The van der Waals surface area contributed by atoms with Gasteiger partial charge in [-0.3, -0.25) is 14.7 Å². The summed E-state index contributed by atoms with van der Waals surface area (Å²) >= 11 is 3.46. The van der Waals surface area contributed by atoms with E-state index in [1.165, 1.54) is 18.6 Å². The lowest BCUT2D eigenvalue weighted by molar-refractivity contribution is -0.534. The molecule has 1 N–H and O–H groups in total. The van der Waals surface area contributed by atoms with Gasteiger partial charge in [-0.2, -0.15) is 4.90 Å². The number of non-ortho nitro benzene ring substituents is 1. The summed E-state index contributed by atoms with van der Waals surface area (Å²) in [5.41, 5.74) is 0.0718. The second-order valence-electron chi connectivity index (χ2n) is 7.08. The van der Waals surface area contributed by atoms with Gasteiger partial charge in [-0.05, 0) is 43.5 Å². The molecule has 0 aliphatic carbocycles. The highest BCUT2D eigenvalue weighted by molar-refractivity contribution is 9.10. The third-order valence-electron chi connectivity index (χ3n) is 5.34. The predicted octanol–water partition coefficient (Wildman–Crippen LogP) is 4.01. The fraction of sp³-hybridized carbons (Fsp3) is 0.350. The zero-order valence-electron chi connectivity index (χ0n) is 14.8. The number of nitro groups is 1. The minimum absolute atomic E-state index is 0.0104. The molecule has 0 aromatic heterocycles. The summed E-state index contributed by atoms with van der Waals surface area (Å²) in [5, 5.41) is 23.1. The SMILES string of the molecule is O=[N+]([O-])c1cccc([C@@]2(O)C[N+]3=C(CCCCC3)N2c2ccc(Br)cc2)c1. The van der Waals surface area contributed by atoms with Crippen LogP contribution in [-0.4, -0.2) is 33.5 Å². The first-order valence-electron chi connectivity index (χ1n) is 9.13. The Morgan fingerprint density at radius 1 is 1.15 bits per heavy atom. The van der Waals surface area contributed by atoms with Crippen LogP contribution in [0.1, 0.15) is 31.2 Å². The van der Waals surface area contributed by atoms with E-state index in [0.717, 1.165) is 41.8 Å². The summed E-state index contributed by atoms with van der Waals surface area (Å²) in [6, 6.07) is 14.2. The van der Waals surface area contributed by atoms with E-state index in [9.17, 15) is 15.2 Å². The third-order valence-corrected chi connectivity index (χ3v) is 5.87. The Morgan fingerprint density at radius 3 is 2.67 bits per heavy atom. The Morgan fingerprint density at radius 2 is 1.93 bits per heavy atom. The van der Waals surface area contributed by atoms with E-state index in [1.54, 1.807) is 12.1 Å². The van der Waals surface area contributed by atoms with E-state index in [1.807, 2.05) is 29.2 Å². The molecule has 0 saturated heterocycles. The number of aliphatic hydroxyl groups is 1. The standard InChI is InChI=1S/C20H21BrN3O3/c21-16-8-10-17(11-9-16)23-19-7-2-1-3-12-22(19)14-20(23,25)15-5-4-6-18(13-15)24(26)27/h4-6,8-11,13,25H,1-3,7,12,14H2/q+1/t20-/m0/s1. The number of hydrogen-bond acceptors (Lipinski definition) is 4. The summed E-state index contributed by atoms with van der Waals surface area (Å²) in [5.74, 6) is 1.09. The highest BCUT2D eigenvalue weighted by Gasteiger charge is 2.54. The molecule has 27 heavy (non-hydrogen) atoms. The molecule has 0 bridgehead atoms. The van der Waals surface area contributed by atoms with Crippen molar-refractivity contribution < 1.29 is 14.6 Å². The van der Waals surface area contributed by atoms with Gasteiger partial charge >= 0.3 is 0 Å². The molecule has 2 aromatic carbocycles. The summed E-state index contributed by atoms with van der Waals surface area (Å²) in [7, 11) is 0. The molecule has 6 nitrogen and oxygen atoms in total.